The molecule has 0 radical (unpaired) electrons. The molecule has 1 saturated heterocycles. The number of aromatic nitrogens is 5. The van der Waals surface area contributed by atoms with Gasteiger partial charge in [-0.2, -0.15) is 0 Å². The van der Waals surface area contributed by atoms with E-state index in [-0.39, 0.29) is 18.5 Å². The fraction of sp³-hybridized carbons (Fsp3) is 0.444. The number of amides is 2. The molecule has 13 heteroatoms. The highest BCUT2D eigenvalue weighted by Gasteiger charge is 2.43. The van der Waals surface area contributed by atoms with E-state index in [2.05, 4.69) is 47.9 Å². The summed E-state index contributed by atoms with van der Waals surface area (Å²) in [5.41, 5.74) is 5.25. The van der Waals surface area contributed by atoms with Crippen LogP contribution >= 0.6 is 27.5 Å². The first-order valence-corrected chi connectivity index (χ1v) is 17.8. The first-order valence-electron chi connectivity index (χ1n) is 16.6. The number of hydrogen-bond donors (Lipinski definition) is 0. The highest BCUT2D eigenvalue weighted by atomic mass is 79.9. The summed E-state index contributed by atoms with van der Waals surface area (Å²) in [6.07, 6.45) is 12.3. The van der Waals surface area contributed by atoms with Crippen molar-refractivity contribution < 1.29 is 14.3 Å². The quantitative estimate of drug-likeness (QED) is 0.215. The van der Waals surface area contributed by atoms with Crippen molar-refractivity contribution in [3.63, 3.8) is 0 Å². The third-order valence-electron chi connectivity index (χ3n) is 8.87. The number of piperazine rings is 1. The van der Waals surface area contributed by atoms with Crippen molar-refractivity contribution in [1.82, 2.24) is 39.2 Å². The number of nitrogens with zero attached hydrogens (tertiary/aromatic N) is 8. The molecule has 0 N–H and O–H groups in total. The van der Waals surface area contributed by atoms with Crippen LogP contribution in [-0.4, -0.2) is 89.0 Å². The lowest BCUT2D eigenvalue weighted by atomic mass is 9.95. The topological polar surface area (TPSA) is 110 Å². The lowest BCUT2D eigenvalue weighted by molar-refractivity contribution is -0.140. The maximum atomic E-state index is 14.8. The number of carbonyl (C=O) groups is 2. The van der Waals surface area contributed by atoms with Gasteiger partial charge in [-0.25, -0.2) is 9.78 Å². The summed E-state index contributed by atoms with van der Waals surface area (Å²) in [6, 6.07) is 7.12. The fourth-order valence-electron chi connectivity index (χ4n) is 6.69. The van der Waals surface area contributed by atoms with Gasteiger partial charge in [-0.05, 0) is 97.8 Å². The number of ether oxygens (including phenoxy) is 1. The molecule has 258 valence electrons. The standard InChI is InChI=1S/C36H42BrClN8O3/c1-24-20-43(23-42-24)12-5-13-45(21-29-19-39-10-11-40-29)34(47)31-22-44(14-15-46(31)35(48)49-36(2,3)4)33-30-9-8-28(38)17-25(30)6-7-26-16-27(37)18-41-32(26)33/h8-11,16-20,23,31,33H,5-7,12-15,21-22H2,1-4H3/t31-,33?/m1/s1. The molecule has 49 heavy (non-hydrogen) atoms. The first kappa shape index (κ1) is 35.0. The smallest absolute Gasteiger partial charge is 0.411 e. The van der Waals surface area contributed by atoms with Gasteiger partial charge in [0.05, 0.1) is 42.2 Å². The third kappa shape index (κ3) is 8.48. The molecule has 1 aliphatic carbocycles. The Balaban J connectivity index is 1.35. The second-order valence-electron chi connectivity index (χ2n) is 13.7. The molecule has 2 aliphatic rings. The number of benzene rings is 1. The van der Waals surface area contributed by atoms with Crippen molar-refractivity contribution in [2.45, 2.75) is 77.7 Å². The molecule has 1 fully saturated rings. The number of fused-ring (bicyclic) bond motifs is 2. The Morgan fingerprint density at radius 2 is 1.88 bits per heavy atom. The lowest BCUT2D eigenvalue weighted by Gasteiger charge is -2.45. The Bertz CT molecular complexity index is 1740. The van der Waals surface area contributed by atoms with Crippen LogP contribution in [-0.2, 0) is 35.5 Å². The zero-order valence-corrected chi connectivity index (χ0v) is 30.7. The summed E-state index contributed by atoms with van der Waals surface area (Å²) in [6.45, 7) is 10.00. The SMILES string of the molecule is Cc1cn(CCCN(Cc2cnccn2)C(=O)[C@H]2CN(C3c4ccc(Cl)cc4CCc4cc(Br)cnc43)CCN2C(=O)OC(C)(C)C)cn1. The fourth-order valence-corrected chi connectivity index (χ4v) is 7.27. The average molecular weight is 750 g/mol. The summed E-state index contributed by atoms with van der Waals surface area (Å²) in [5, 5.41) is 0.686. The zero-order chi connectivity index (χ0) is 34.7. The molecule has 1 aliphatic heterocycles. The van der Waals surface area contributed by atoms with E-state index >= 15 is 0 Å². The monoisotopic (exact) mass is 748 g/mol. The summed E-state index contributed by atoms with van der Waals surface area (Å²) >= 11 is 10.1. The van der Waals surface area contributed by atoms with E-state index in [1.54, 1.807) is 34.7 Å². The molecule has 0 saturated carbocycles. The highest BCUT2D eigenvalue weighted by molar-refractivity contribution is 9.10. The number of imidazole rings is 1. The third-order valence-corrected chi connectivity index (χ3v) is 9.54. The minimum atomic E-state index is -0.811. The molecule has 6 rings (SSSR count). The number of halogens is 2. The van der Waals surface area contributed by atoms with Crippen LogP contribution in [0.4, 0.5) is 4.79 Å². The van der Waals surface area contributed by atoms with Crippen LogP contribution in [0.5, 0.6) is 0 Å². The Hall–Kier alpha value is -3.87. The van der Waals surface area contributed by atoms with E-state index < -0.39 is 17.7 Å². The Kier molecular flexibility index (Phi) is 10.7. The maximum Gasteiger partial charge on any atom is 0.411 e. The second-order valence-corrected chi connectivity index (χ2v) is 15.0. The van der Waals surface area contributed by atoms with Crippen molar-refractivity contribution in [3.05, 3.63) is 105 Å². The van der Waals surface area contributed by atoms with Gasteiger partial charge in [0.2, 0.25) is 5.91 Å². The molecule has 4 heterocycles. The predicted molar refractivity (Wildman–Crippen MR) is 190 cm³/mol. The van der Waals surface area contributed by atoms with E-state index in [1.165, 1.54) is 0 Å². The molecule has 11 nitrogen and oxygen atoms in total. The number of hydrogen-bond acceptors (Lipinski definition) is 8. The van der Waals surface area contributed by atoms with E-state index in [1.807, 2.05) is 56.8 Å². The van der Waals surface area contributed by atoms with Crippen LogP contribution in [0.25, 0.3) is 0 Å². The lowest BCUT2D eigenvalue weighted by Crippen LogP contribution is -2.62. The number of pyridine rings is 1. The number of rotatable bonds is 8. The number of aryl methyl sites for hydroxylation is 4. The largest absolute Gasteiger partial charge is 0.444 e. The normalized spacial score (nSPS) is 18.0. The van der Waals surface area contributed by atoms with Crippen LogP contribution < -0.4 is 0 Å². The molecule has 0 spiro atoms. The highest BCUT2D eigenvalue weighted by Crippen LogP contribution is 2.39. The van der Waals surface area contributed by atoms with Crippen LogP contribution in [0.3, 0.4) is 0 Å². The molecule has 3 aromatic heterocycles. The van der Waals surface area contributed by atoms with E-state index in [0.29, 0.717) is 49.9 Å². The van der Waals surface area contributed by atoms with Gasteiger partial charge >= 0.3 is 6.09 Å². The van der Waals surface area contributed by atoms with Gasteiger partial charge in [-0.1, -0.05) is 17.7 Å². The van der Waals surface area contributed by atoms with Crippen LogP contribution in [0.2, 0.25) is 5.02 Å². The Morgan fingerprint density at radius 3 is 2.61 bits per heavy atom. The molecule has 2 amide bonds. The van der Waals surface area contributed by atoms with Crippen LogP contribution in [0.15, 0.2) is 66.0 Å². The predicted octanol–water partition coefficient (Wildman–Crippen LogP) is 6.02. The van der Waals surface area contributed by atoms with Gasteiger partial charge in [0.15, 0.2) is 0 Å². The summed E-state index contributed by atoms with van der Waals surface area (Å²) in [5.74, 6) is -0.169. The maximum absolute atomic E-state index is 14.8. The molecular formula is C36H42BrClN8O3. The van der Waals surface area contributed by atoms with Crippen molar-refractivity contribution in [3.8, 4) is 0 Å². The van der Waals surface area contributed by atoms with E-state index in [0.717, 1.165) is 45.4 Å². The van der Waals surface area contributed by atoms with Crippen molar-refractivity contribution in [1.29, 1.82) is 0 Å². The first-order chi connectivity index (χ1) is 23.4. The number of carbonyl (C=O) groups excluding carboxylic acids is 2. The zero-order valence-electron chi connectivity index (χ0n) is 28.4. The van der Waals surface area contributed by atoms with Gasteiger partial charge in [-0.15, -0.1) is 0 Å². The second kappa shape index (κ2) is 14.9. The van der Waals surface area contributed by atoms with Gasteiger partial charge in [0.25, 0.3) is 0 Å². The average Bonchev–Trinajstić information content (AvgIpc) is 3.41. The summed E-state index contributed by atoms with van der Waals surface area (Å²) in [4.78, 5) is 52.3. The summed E-state index contributed by atoms with van der Waals surface area (Å²) < 4.78 is 8.81. The molecule has 2 atom stereocenters. The minimum absolute atomic E-state index is 0.169. The molecule has 4 aromatic rings. The minimum Gasteiger partial charge on any atom is -0.444 e. The van der Waals surface area contributed by atoms with E-state index in [9.17, 15) is 9.59 Å². The van der Waals surface area contributed by atoms with Crippen LogP contribution in [0, 0.1) is 6.92 Å². The van der Waals surface area contributed by atoms with Crippen molar-refractivity contribution in [2.75, 3.05) is 26.2 Å². The summed E-state index contributed by atoms with van der Waals surface area (Å²) in [7, 11) is 0. The molecule has 0 bridgehead atoms. The van der Waals surface area contributed by atoms with Gasteiger partial charge < -0.3 is 14.2 Å². The van der Waals surface area contributed by atoms with Gasteiger partial charge in [0.1, 0.15) is 11.6 Å². The van der Waals surface area contributed by atoms with Gasteiger partial charge in [-0.3, -0.25) is 29.5 Å². The van der Waals surface area contributed by atoms with E-state index in [4.69, 9.17) is 21.3 Å². The van der Waals surface area contributed by atoms with Crippen LogP contribution in [0.1, 0.15) is 67.0 Å². The Morgan fingerprint density at radius 1 is 1.06 bits per heavy atom. The van der Waals surface area contributed by atoms with Gasteiger partial charge in [0, 0.05) is 67.0 Å². The molecule has 1 unspecified atom stereocenters. The Labute approximate surface area is 300 Å². The molecular weight excluding hydrogens is 708 g/mol. The van der Waals surface area contributed by atoms with Crippen molar-refractivity contribution >= 4 is 39.5 Å². The molecule has 1 aromatic carbocycles. The van der Waals surface area contributed by atoms with Crippen molar-refractivity contribution in [2.24, 2.45) is 0 Å².